The third-order valence-corrected chi connectivity index (χ3v) is 4.09. The van der Waals surface area contributed by atoms with Crippen molar-refractivity contribution in [1.82, 2.24) is 4.90 Å². The molecule has 0 atom stereocenters. The van der Waals surface area contributed by atoms with Gasteiger partial charge in [0.15, 0.2) is 0 Å². The van der Waals surface area contributed by atoms with Crippen molar-refractivity contribution in [2.24, 2.45) is 4.99 Å². The van der Waals surface area contributed by atoms with Crippen LogP contribution in [0.2, 0.25) is 5.02 Å². The van der Waals surface area contributed by atoms with Crippen LogP contribution in [0.15, 0.2) is 35.3 Å². The summed E-state index contributed by atoms with van der Waals surface area (Å²) < 4.78 is 19.3. The molecule has 0 amide bonds. The molecule has 0 bridgehead atoms. The second kappa shape index (κ2) is 8.15. The Kier molecular flexibility index (Phi) is 6.21. The number of aliphatic imine (C=N–C) groups is 1. The van der Waals surface area contributed by atoms with Gasteiger partial charge >= 0.3 is 0 Å². The van der Waals surface area contributed by atoms with E-state index in [4.69, 9.17) is 16.3 Å². The Labute approximate surface area is 147 Å². The lowest BCUT2D eigenvalue weighted by Crippen LogP contribution is -2.20. The molecule has 0 unspecified atom stereocenters. The average Bonchev–Trinajstić information content (AvgIpc) is 2.56. The van der Waals surface area contributed by atoms with E-state index >= 15 is 0 Å². The fraction of sp³-hybridized carbons (Fsp3) is 0.316. The van der Waals surface area contributed by atoms with Crippen molar-refractivity contribution in [2.45, 2.75) is 27.7 Å². The summed E-state index contributed by atoms with van der Waals surface area (Å²) in [5.41, 5.74) is 2.82. The largest absolute Gasteiger partial charge is 0.457 e. The minimum atomic E-state index is -0.496. The van der Waals surface area contributed by atoms with Crippen LogP contribution in [0.4, 0.5) is 10.1 Å². The van der Waals surface area contributed by atoms with Gasteiger partial charge < -0.3 is 9.64 Å². The summed E-state index contributed by atoms with van der Waals surface area (Å²) in [7, 11) is 0. The van der Waals surface area contributed by atoms with Crippen LogP contribution in [0, 0.1) is 19.7 Å². The van der Waals surface area contributed by atoms with Gasteiger partial charge in [-0.3, -0.25) is 0 Å². The van der Waals surface area contributed by atoms with Gasteiger partial charge in [-0.1, -0.05) is 11.6 Å². The van der Waals surface area contributed by atoms with E-state index in [0.29, 0.717) is 11.5 Å². The van der Waals surface area contributed by atoms with Crippen LogP contribution in [0.25, 0.3) is 0 Å². The van der Waals surface area contributed by atoms with E-state index in [9.17, 15) is 4.39 Å². The molecule has 0 N–H and O–H groups in total. The Morgan fingerprint density at radius 3 is 2.46 bits per heavy atom. The molecule has 0 saturated heterocycles. The quantitative estimate of drug-likeness (QED) is 0.480. The number of halogens is 2. The number of benzene rings is 2. The van der Waals surface area contributed by atoms with Crippen molar-refractivity contribution in [3.63, 3.8) is 0 Å². The molecule has 0 aromatic heterocycles. The predicted octanol–water partition coefficient (Wildman–Crippen LogP) is 5.89. The van der Waals surface area contributed by atoms with E-state index in [-0.39, 0.29) is 5.02 Å². The summed E-state index contributed by atoms with van der Waals surface area (Å²) in [5, 5.41) is 0.0799. The maximum atomic E-state index is 13.5. The van der Waals surface area contributed by atoms with Crippen molar-refractivity contribution in [2.75, 3.05) is 13.1 Å². The van der Waals surface area contributed by atoms with Crippen molar-refractivity contribution in [1.29, 1.82) is 0 Å². The Morgan fingerprint density at radius 2 is 1.83 bits per heavy atom. The maximum Gasteiger partial charge on any atom is 0.145 e. The molecule has 0 fully saturated rings. The monoisotopic (exact) mass is 348 g/mol. The summed E-state index contributed by atoms with van der Waals surface area (Å²) in [6.07, 6.45) is 1.86. The van der Waals surface area contributed by atoms with Crippen molar-refractivity contribution < 1.29 is 9.13 Å². The van der Waals surface area contributed by atoms with E-state index in [2.05, 4.69) is 23.7 Å². The number of ether oxygens (including phenoxy) is 1. The zero-order valence-electron chi connectivity index (χ0n) is 14.4. The van der Waals surface area contributed by atoms with Crippen LogP contribution in [0.3, 0.4) is 0 Å². The molecule has 128 valence electrons. The molecule has 0 saturated carbocycles. The van der Waals surface area contributed by atoms with Gasteiger partial charge in [0.05, 0.1) is 17.0 Å². The normalized spacial score (nSPS) is 11.1. The van der Waals surface area contributed by atoms with Gasteiger partial charge in [0.2, 0.25) is 0 Å². The molecule has 0 aliphatic carbocycles. The smallest absolute Gasteiger partial charge is 0.145 e. The first-order valence-electron chi connectivity index (χ1n) is 7.97. The molecule has 2 rings (SSSR count). The van der Waals surface area contributed by atoms with Gasteiger partial charge in [-0.05, 0) is 63.1 Å². The fourth-order valence-corrected chi connectivity index (χ4v) is 2.34. The van der Waals surface area contributed by atoms with Gasteiger partial charge in [0.1, 0.15) is 17.3 Å². The highest BCUT2D eigenvalue weighted by atomic mass is 35.5. The highest BCUT2D eigenvalue weighted by molar-refractivity contribution is 6.30. The molecular formula is C19H22ClFN2O. The standard InChI is InChI=1S/C19H22ClFN2O/c1-5-23(6-2)12-22-18-9-14(4)19(10-13(18)3)24-15-7-8-16(20)17(21)11-15/h7-12H,5-6H2,1-4H3. The van der Waals surface area contributed by atoms with Crippen LogP contribution in [-0.4, -0.2) is 24.3 Å². The number of hydrogen-bond acceptors (Lipinski definition) is 2. The molecule has 24 heavy (non-hydrogen) atoms. The molecule has 0 aliphatic heterocycles. The summed E-state index contributed by atoms with van der Waals surface area (Å²) in [5.74, 6) is 0.596. The minimum Gasteiger partial charge on any atom is -0.457 e. The Balaban J connectivity index is 2.24. The van der Waals surface area contributed by atoms with Crippen molar-refractivity contribution >= 4 is 23.6 Å². The summed E-state index contributed by atoms with van der Waals surface area (Å²) in [6.45, 7) is 9.94. The lowest BCUT2D eigenvalue weighted by atomic mass is 10.1. The van der Waals surface area contributed by atoms with Gasteiger partial charge in [-0.2, -0.15) is 0 Å². The first-order valence-corrected chi connectivity index (χ1v) is 8.34. The zero-order chi connectivity index (χ0) is 17.7. The highest BCUT2D eigenvalue weighted by Gasteiger charge is 2.08. The lowest BCUT2D eigenvalue weighted by Gasteiger charge is -2.15. The molecule has 0 aliphatic rings. The Hall–Kier alpha value is -2.07. The van der Waals surface area contributed by atoms with E-state index in [1.54, 1.807) is 6.07 Å². The Morgan fingerprint density at radius 1 is 1.12 bits per heavy atom. The number of hydrogen-bond donors (Lipinski definition) is 0. The van der Waals surface area contributed by atoms with E-state index in [1.165, 1.54) is 12.1 Å². The zero-order valence-corrected chi connectivity index (χ0v) is 15.2. The van der Waals surface area contributed by atoms with Crippen LogP contribution < -0.4 is 4.74 Å². The predicted molar refractivity (Wildman–Crippen MR) is 98.5 cm³/mol. The van der Waals surface area contributed by atoms with Crippen LogP contribution in [-0.2, 0) is 0 Å². The third kappa shape index (κ3) is 4.48. The molecular weight excluding hydrogens is 327 g/mol. The van der Waals surface area contributed by atoms with Crippen molar-refractivity contribution in [3.05, 3.63) is 52.3 Å². The SMILES string of the molecule is CCN(C=Nc1cc(C)c(Oc2ccc(Cl)c(F)c2)cc1C)CC. The number of nitrogens with zero attached hydrogens (tertiary/aromatic N) is 2. The van der Waals surface area contributed by atoms with E-state index in [0.717, 1.165) is 29.9 Å². The summed E-state index contributed by atoms with van der Waals surface area (Å²) >= 11 is 5.69. The van der Waals surface area contributed by atoms with Gasteiger partial charge in [-0.25, -0.2) is 9.38 Å². The molecule has 5 heteroatoms. The third-order valence-electron chi connectivity index (χ3n) is 3.78. The molecule has 3 nitrogen and oxygen atoms in total. The van der Waals surface area contributed by atoms with Crippen LogP contribution in [0.5, 0.6) is 11.5 Å². The molecule has 0 heterocycles. The average molecular weight is 349 g/mol. The summed E-state index contributed by atoms with van der Waals surface area (Å²) in [6, 6.07) is 8.29. The fourth-order valence-electron chi connectivity index (χ4n) is 2.22. The molecule has 0 radical (unpaired) electrons. The highest BCUT2D eigenvalue weighted by Crippen LogP contribution is 2.32. The second-order valence-electron chi connectivity index (χ2n) is 5.55. The summed E-state index contributed by atoms with van der Waals surface area (Å²) in [4.78, 5) is 6.67. The van der Waals surface area contributed by atoms with Crippen molar-refractivity contribution in [3.8, 4) is 11.5 Å². The first kappa shape index (κ1) is 18.3. The lowest BCUT2D eigenvalue weighted by molar-refractivity contribution is 0.472. The topological polar surface area (TPSA) is 24.8 Å². The minimum absolute atomic E-state index is 0.0799. The first-order chi connectivity index (χ1) is 11.4. The molecule has 0 spiro atoms. The van der Waals surface area contributed by atoms with Gasteiger partial charge in [0, 0.05) is 19.2 Å². The second-order valence-corrected chi connectivity index (χ2v) is 5.96. The van der Waals surface area contributed by atoms with Gasteiger partial charge in [-0.15, -0.1) is 0 Å². The van der Waals surface area contributed by atoms with Gasteiger partial charge in [0.25, 0.3) is 0 Å². The number of aryl methyl sites for hydroxylation is 2. The van der Waals surface area contributed by atoms with Crippen LogP contribution >= 0.6 is 11.6 Å². The number of rotatable bonds is 6. The maximum absolute atomic E-state index is 13.5. The van der Waals surface area contributed by atoms with Crippen LogP contribution in [0.1, 0.15) is 25.0 Å². The molecule has 2 aromatic rings. The van der Waals surface area contributed by atoms with E-state index < -0.39 is 5.82 Å². The Bertz CT molecular complexity index is 742. The van der Waals surface area contributed by atoms with E-state index in [1.807, 2.05) is 32.3 Å². The molecule has 2 aromatic carbocycles.